The van der Waals surface area contributed by atoms with E-state index in [0.29, 0.717) is 5.69 Å². The zero-order valence-corrected chi connectivity index (χ0v) is 8.68. The van der Waals surface area contributed by atoms with Crippen molar-refractivity contribution in [1.29, 1.82) is 0 Å². The molecule has 72 valence electrons. The van der Waals surface area contributed by atoms with Crippen LogP contribution in [0.2, 0.25) is 0 Å². The second-order valence-corrected chi connectivity index (χ2v) is 4.10. The number of hydrogen-bond donors (Lipinski definition) is 2. The Labute approximate surface area is 79.4 Å². The lowest BCUT2D eigenvalue weighted by Gasteiger charge is -2.21. The van der Waals surface area contributed by atoms with Crippen molar-refractivity contribution in [3.8, 4) is 0 Å². The summed E-state index contributed by atoms with van der Waals surface area (Å²) in [6.45, 7) is 7.45. The Balaban J connectivity index is 3.37. The van der Waals surface area contributed by atoms with E-state index in [1.54, 1.807) is 13.8 Å². The first-order valence-electron chi connectivity index (χ1n) is 4.42. The first-order chi connectivity index (χ1) is 5.82. The summed E-state index contributed by atoms with van der Waals surface area (Å²) in [4.78, 5) is 0. The van der Waals surface area contributed by atoms with Crippen molar-refractivity contribution in [1.82, 2.24) is 0 Å². The van der Waals surface area contributed by atoms with Crippen molar-refractivity contribution in [2.75, 3.05) is 5.73 Å². The molecule has 0 aliphatic carbocycles. The molecule has 0 amide bonds. The van der Waals surface area contributed by atoms with E-state index in [4.69, 9.17) is 5.73 Å². The maximum atomic E-state index is 9.84. The van der Waals surface area contributed by atoms with Gasteiger partial charge in [0.25, 0.3) is 0 Å². The standard InChI is InChI=1S/C11H17NO/c1-7-5-8(2)10(12)9(6-7)11(3,4)13/h5-6,13H,12H2,1-4H3. The summed E-state index contributed by atoms with van der Waals surface area (Å²) >= 11 is 0. The van der Waals surface area contributed by atoms with Gasteiger partial charge in [0.2, 0.25) is 0 Å². The summed E-state index contributed by atoms with van der Waals surface area (Å²) in [7, 11) is 0. The number of nitrogens with two attached hydrogens (primary N) is 1. The summed E-state index contributed by atoms with van der Waals surface area (Å²) in [6.07, 6.45) is 0. The molecule has 0 fully saturated rings. The number of anilines is 1. The number of aryl methyl sites for hydroxylation is 2. The highest BCUT2D eigenvalue weighted by atomic mass is 16.3. The average Bonchev–Trinajstić information content (AvgIpc) is 1.94. The lowest BCUT2D eigenvalue weighted by Crippen LogP contribution is -2.18. The third kappa shape index (κ3) is 2.01. The Morgan fingerprint density at radius 1 is 1.23 bits per heavy atom. The first-order valence-corrected chi connectivity index (χ1v) is 4.42. The van der Waals surface area contributed by atoms with Crippen molar-refractivity contribution in [2.45, 2.75) is 33.3 Å². The Hall–Kier alpha value is -1.02. The fourth-order valence-corrected chi connectivity index (χ4v) is 1.48. The molecule has 0 unspecified atom stereocenters. The van der Waals surface area contributed by atoms with E-state index in [-0.39, 0.29) is 0 Å². The monoisotopic (exact) mass is 179 g/mol. The molecule has 3 N–H and O–H groups in total. The zero-order chi connectivity index (χ0) is 10.2. The van der Waals surface area contributed by atoms with Gasteiger partial charge in [0.15, 0.2) is 0 Å². The molecule has 1 rings (SSSR count). The van der Waals surface area contributed by atoms with Gasteiger partial charge in [-0.2, -0.15) is 0 Å². The normalized spacial score (nSPS) is 11.8. The number of hydrogen-bond acceptors (Lipinski definition) is 2. The lowest BCUT2D eigenvalue weighted by atomic mass is 9.92. The first kappa shape index (κ1) is 10.1. The van der Waals surface area contributed by atoms with E-state index in [1.807, 2.05) is 26.0 Å². The summed E-state index contributed by atoms with van der Waals surface area (Å²) in [5, 5.41) is 9.84. The minimum Gasteiger partial charge on any atom is -0.398 e. The summed E-state index contributed by atoms with van der Waals surface area (Å²) in [5.41, 5.74) is 8.67. The van der Waals surface area contributed by atoms with E-state index in [0.717, 1.165) is 16.7 Å². The highest BCUT2D eigenvalue weighted by Crippen LogP contribution is 2.29. The van der Waals surface area contributed by atoms with Crippen LogP contribution in [0.1, 0.15) is 30.5 Å². The van der Waals surface area contributed by atoms with Crippen LogP contribution in [0.3, 0.4) is 0 Å². The molecule has 0 heterocycles. The third-order valence-corrected chi connectivity index (χ3v) is 2.19. The average molecular weight is 179 g/mol. The smallest absolute Gasteiger partial charge is 0.0860 e. The van der Waals surface area contributed by atoms with Gasteiger partial charge in [0.1, 0.15) is 0 Å². The molecule has 0 atom stereocenters. The molecular formula is C11H17NO. The Morgan fingerprint density at radius 3 is 2.23 bits per heavy atom. The van der Waals surface area contributed by atoms with Crippen LogP contribution in [-0.4, -0.2) is 5.11 Å². The molecular weight excluding hydrogens is 162 g/mol. The highest BCUT2D eigenvalue weighted by molar-refractivity contribution is 5.56. The van der Waals surface area contributed by atoms with Gasteiger partial charge in [0.05, 0.1) is 5.60 Å². The van der Waals surface area contributed by atoms with Crippen molar-refractivity contribution in [3.63, 3.8) is 0 Å². The van der Waals surface area contributed by atoms with Crippen LogP contribution in [0.5, 0.6) is 0 Å². The molecule has 0 aliphatic rings. The number of rotatable bonds is 1. The quantitative estimate of drug-likeness (QED) is 0.649. The van der Waals surface area contributed by atoms with Crippen molar-refractivity contribution < 1.29 is 5.11 Å². The van der Waals surface area contributed by atoms with Crippen LogP contribution < -0.4 is 5.73 Å². The zero-order valence-electron chi connectivity index (χ0n) is 8.68. The second kappa shape index (κ2) is 3.04. The van der Waals surface area contributed by atoms with Gasteiger partial charge >= 0.3 is 0 Å². The van der Waals surface area contributed by atoms with Crippen molar-refractivity contribution in [2.24, 2.45) is 0 Å². The molecule has 0 saturated carbocycles. The Morgan fingerprint density at radius 2 is 1.77 bits per heavy atom. The highest BCUT2D eigenvalue weighted by Gasteiger charge is 2.19. The molecule has 0 aromatic heterocycles. The molecule has 0 radical (unpaired) electrons. The summed E-state index contributed by atoms with van der Waals surface area (Å²) in [5.74, 6) is 0. The van der Waals surface area contributed by atoms with Gasteiger partial charge < -0.3 is 10.8 Å². The van der Waals surface area contributed by atoms with Gasteiger partial charge in [-0.15, -0.1) is 0 Å². The molecule has 2 heteroatoms. The van der Waals surface area contributed by atoms with Crippen molar-refractivity contribution in [3.05, 3.63) is 28.8 Å². The fourth-order valence-electron chi connectivity index (χ4n) is 1.48. The minimum absolute atomic E-state index is 0.693. The van der Waals surface area contributed by atoms with Crippen LogP contribution in [0.25, 0.3) is 0 Å². The van der Waals surface area contributed by atoms with Crippen LogP contribution >= 0.6 is 0 Å². The van der Waals surface area contributed by atoms with Gasteiger partial charge in [0, 0.05) is 11.3 Å². The Bertz CT molecular complexity index is 324. The SMILES string of the molecule is Cc1cc(C)c(N)c(C(C)(C)O)c1. The summed E-state index contributed by atoms with van der Waals surface area (Å²) in [6, 6.07) is 3.95. The van der Waals surface area contributed by atoms with Crippen LogP contribution in [0.4, 0.5) is 5.69 Å². The van der Waals surface area contributed by atoms with Gasteiger partial charge in [-0.05, 0) is 33.3 Å². The van der Waals surface area contributed by atoms with E-state index in [9.17, 15) is 5.11 Å². The number of nitrogen functional groups attached to an aromatic ring is 1. The topological polar surface area (TPSA) is 46.2 Å². The Kier molecular flexibility index (Phi) is 2.35. The molecule has 1 aromatic carbocycles. The predicted molar refractivity (Wildman–Crippen MR) is 55.6 cm³/mol. The van der Waals surface area contributed by atoms with Gasteiger partial charge in [-0.25, -0.2) is 0 Å². The third-order valence-electron chi connectivity index (χ3n) is 2.19. The summed E-state index contributed by atoms with van der Waals surface area (Å²) < 4.78 is 0. The molecule has 2 nitrogen and oxygen atoms in total. The largest absolute Gasteiger partial charge is 0.398 e. The van der Waals surface area contributed by atoms with E-state index < -0.39 is 5.60 Å². The number of benzene rings is 1. The van der Waals surface area contributed by atoms with E-state index in [1.165, 1.54) is 0 Å². The van der Waals surface area contributed by atoms with Crippen LogP contribution in [0, 0.1) is 13.8 Å². The van der Waals surface area contributed by atoms with Gasteiger partial charge in [-0.1, -0.05) is 17.7 Å². The van der Waals surface area contributed by atoms with Gasteiger partial charge in [-0.3, -0.25) is 0 Å². The van der Waals surface area contributed by atoms with E-state index >= 15 is 0 Å². The molecule has 0 aliphatic heterocycles. The molecule has 13 heavy (non-hydrogen) atoms. The molecule has 1 aromatic rings. The second-order valence-electron chi connectivity index (χ2n) is 4.10. The molecule has 0 bridgehead atoms. The van der Waals surface area contributed by atoms with E-state index in [2.05, 4.69) is 0 Å². The predicted octanol–water partition coefficient (Wildman–Crippen LogP) is 2.11. The number of aliphatic hydroxyl groups is 1. The maximum absolute atomic E-state index is 9.84. The lowest BCUT2D eigenvalue weighted by molar-refractivity contribution is 0.0793. The molecule has 0 spiro atoms. The van der Waals surface area contributed by atoms with Crippen molar-refractivity contribution >= 4 is 5.69 Å². The fraction of sp³-hybridized carbons (Fsp3) is 0.455. The minimum atomic E-state index is -0.860. The maximum Gasteiger partial charge on any atom is 0.0860 e. The van der Waals surface area contributed by atoms with Crippen LogP contribution in [0.15, 0.2) is 12.1 Å². The molecule has 0 saturated heterocycles. The van der Waals surface area contributed by atoms with Crippen LogP contribution in [-0.2, 0) is 5.60 Å².